The van der Waals surface area contributed by atoms with Crippen LogP contribution < -0.4 is 5.32 Å². The molecule has 0 amide bonds. The zero-order valence-corrected chi connectivity index (χ0v) is 13.1. The van der Waals surface area contributed by atoms with Crippen LogP contribution in [-0.2, 0) is 6.54 Å². The maximum atomic E-state index is 4.43. The van der Waals surface area contributed by atoms with Crippen molar-refractivity contribution in [2.75, 3.05) is 25.0 Å². The first kappa shape index (κ1) is 14.2. The van der Waals surface area contributed by atoms with Crippen LogP contribution in [0, 0.1) is 0 Å². The number of nitrogens with zero attached hydrogens (tertiary/aromatic N) is 2. The summed E-state index contributed by atoms with van der Waals surface area (Å²) < 4.78 is 0. The molecule has 1 saturated heterocycles. The summed E-state index contributed by atoms with van der Waals surface area (Å²) in [7, 11) is 0. The molecule has 1 aromatic rings. The highest BCUT2D eigenvalue weighted by Gasteiger charge is 2.22. The molecule has 0 spiro atoms. The van der Waals surface area contributed by atoms with Crippen molar-refractivity contribution in [3.63, 3.8) is 0 Å². The van der Waals surface area contributed by atoms with Crippen molar-refractivity contribution < 1.29 is 0 Å². The van der Waals surface area contributed by atoms with Gasteiger partial charge in [-0.15, -0.1) is 11.3 Å². The molecule has 102 valence electrons. The van der Waals surface area contributed by atoms with Crippen molar-refractivity contribution in [2.45, 2.75) is 44.2 Å². The zero-order chi connectivity index (χ0) is 13.0. The number of nitrogens with one attached hydrogen (secondary N) is 1. The minimum Gasteiger partial charge on any atom is -0.362 e. The topological polar surface area (TPSA) is 28.2 Å². The van der Waals surface area contributed by atoms with Gasteiger partial charge >= 0.3 is 0 Å². The van der Waals surface area contributed by atoms with E-state index in [1.54, 1.807) is 11.3 Å². The Bertz CT molecular complexity index is 357. The molecule has 2 unspecified atom stereocenters. The Hall–Kier alpha value is -0.260. The van der Waals surface area contributed by atoms with Crippen molar-refractivity contribution in [3.8, 4) is 0 Å². The zero-order valence-electron chi connectivity index (χ0n) is 11.5. The molecule has 18 heavy (non-hydrogen) atoms. The lowest BCUT2D eigenvalue weighted by molar-refractivity contribution is 0.265. The maximum Gasteiger partial charge on any atom is 0.182 e. The van der Waals surface area contributed by atoms with Crippen LogP contribution >= 0.6 is 23.1 Å². The Morgan fingerprint density at radius 2 is 2.11 bits per heavy atom. The van der Waals surface area contributed by atoms with E-state index in [-0.39, 0.29) is 0 Å². The highest BCUT2D eigenvalue weighted by atomic mass is 32.2. The molecule has 1 aliphatic rings. The lowest BCUT2D eigenvalue weighted by Gasteiger charge is -2.34. The number of thioether (sulfide) groups is 1. The van der Waals surface area contributed by atoms with Crippen LogP contribution in [0.4, 0.5) is 5.13 Å². The van der Waals surface area contributed by atoms with Crippen molar-refractivity contribution >= 4 is 28.2 Å². The fourth-order valence-electron chi connectivity index (χ4n) is 2.33. The second kappa shape index (κ2) is 6.78. The molecule has 1 aromatic heterocycles. The largest absolute Gasteiger partial charge is 0.362 e. The summed E-state index contributed by atoms with van der Waals surface area (Å²) in [6, 6.07) is 0. The van der Waals surface area contributed by atoms with E-state index in [9.17, 15) is 0 Å². The summed E-state index contributed by atoms with van der Waals surface area (Å²) in [6.07, 6.45) is 3.17. The summed E-state index contributed by atoms with van der Waals surface area (Å²) >= 11 is 3.90. The van der Waals surface area contributed by atoms with Crippen LogP contribution in [0.1, 0.15) is 32.1 Å². The lowest BCUT2D eigenvalue weighted by Crippen LogP contribution is -2.39. The molecule has 1 fully saturated rings. The average molecular weight is 285 g/mol. The van der Waals surface area contributed by atoms with E-state index in [0.717, 1.165) is 35.1 Å². The van der Waals surface area contributed by atoms with Crippen LogP contribution in [0.2, 0.25) is 0 Å². The van der Waals surface area contributed by atoms with Gasteiger partial charge in [0.15, 0.2) is 5.13 Å². The third kappa shape index (κ3) is 4.14. The molecular weight excluding hydrogens is 262 g/mol. The highest BCUT2D eigenvalue weighted by Crippen LogP contribution is 2.27. The van der Waals surface area contributed by atoms with Gasteiger partial charge in [0, 0.05) is 47.8 Å². The van der Waals surface area contributed by atoms with Gasteiger partial charge in [-0.2, -0.15) is 11.8 Å². The van der Waals surface area contributed by atoms with Crippen LogP contribution in [0.3, 0.4) is 0 Å². The molecule has 2 atom stereocenters. The number of hydrogen-bond acceptors (Lipinski definition) is 5. The number of hydrogen-bond donors (Lipinski definition) is 1. The van der Waals surface area contributed by atoms with Crippen LogP contribution in [0.25, 0.3) is 0 Å². The molecule has 0 radical (unpaired) electrons. The summed E-state index contributed by atoms with van der Waals surface area (Å²) in [6.45, 7) is 11.3. The number of anilines is 1. The van der Waals surface area contributed by atoms with Gasteiger partial charge in [0.25, 0.3) is 0 Å². The average Bonchev–Trinajstić information content (AvgIpc) is 2.72. The normalized spacial score (nSPS) is 25.3. The first-order valence-electron chi connectivity index (χ1n) is 6.73. The van der Waals surface area contributed by atoms with Gasteiger partial charge in [0.1, 0.15) is 0 Å². The van der Waals surface area contributed by atoms with E-state index in [1.807, 2.05) is 6.20 Å². The lowest BCUT2D eigenvalue weighted by atomic mass is 10.3. The highest BCUT2D eigenvalue weighted by molar-refractivity contribution is 8.00. The third-order valence-electron chi connectivity index (χ3n) is 2.95. The van der Waals surface area contributed by atoms with Gasteiger partial charge in [-0.25, -0.2) is 4.98 Å². The molecule has 1 N–H and O–H groups in total. The van der Waals surface area contributed by atoms with Crippen LogP contribution in [-0.4, -0.2) is 40.0 Å². The minimum atomic E-state index is 0.749. The van der Waals surface area contributed by atoms with Crippen molar-refractivity contribution in [1.82, 2.24) is 9.88 Å². The van der Waals surface area contributed by atoms with Crippen LogP contribution in [0.15, 0.2) is 6.20 Å². The Morgan fingerprint density at radius 3 is 2.78 bits per heavy atom. The smallest absolute Gasteiger partial charge is 0.182 e. The molecule has 5 heteroatoms. The Balaban J connectivity index is 1.86. The molecule has 2 rings (SSSR count). The van der Waals surface area contributed by atoms with E-state index in [2.05, 4.69) is 47.7 Å². The Kier molecular flexibility index (Phi) is 5.33. The van der Waals surface area contributed by atoms with E-state index in [1.165, 1.54) is 18.0 Å². The van der Waals surface area contributed by atoms with Gasteiger partial charge in [-0.05, 0) is 6.42 Å². The third-order valence-corrected chi connectivity index (χ3v) is 5.12. The summed E-state index contributed by atoms with van der Waals surface area (Å²) in [5.41, 5.74) is 0. The molecule has 0 bridgehead atoms. The molecule has 0 saturated carbocycles. The molecule has 0 aliphatic carbocycles. The SMILES string of the molecule is CCCNc1ncc(CN2CC(C)SC(C)C2)s1. The molecular formula is C13H23N3S2. The van der Waals surface area contributed by atoms with E-state index >= 15 is 0 Å². The van der Waals surface area contributed by atoms with E-state index < -0.39 is 0 Å². The second-order valence-corrected chi connectivity index (χ2v) is 8.01. The Labute approximate surface area is 118 Å². The van der Waals surface area contributed by atoms with E-state index in [4.69, 9.17) is 0 Å². The first-order valence-corrected chi connectivity index (χ1v) is 8.49. The quantitative estimate of drug-likeness (QED) is 0.898. The second-order valence-electron chi connectivity index (χ2n) is 5.01. The molecule has 1 aliphatic heterocycles. The van der Waals surface area contributed by atoms with Crippen LogP contribution in [0.5, 0.6) is 0 Å². The fraction of sp³-hybridized carbons (Fsp3) is 0.769. The van der Waals surface area contributed by atoms with Gasteiger partial charge < -0.3 is 5.32 Å². The minimum absolute atomic E-state index is 0.749. The number of aromatic nitrogens is 1. The molecule has 2 heterocycles. The van der Waals surface area contributed by atoms with Gasteiger partial charge in [-0.1, -0.05) is 20.8 Å². The summed E-state index contributed by atoms with van der Waals surface area (Å²) in [4.78, 5) is 8.37. The number of rotatable bonds is 5. The summed E-state index contributed by atoms with van der Waals surface area (Å²) in [5.74, 6) is 0. The predicted octanol–water partition coefficient (Wildman–Crippen LogP) is 3.29. The first-order chi connectivity index (χ1) is 8.67. The Morgan fingerprint density at radius 1 is 1.39 bits per heavy atom. The van der Waals surface area contributed by atoms with Crippen molar-refractivity contribution in [1.29, 1.82) is 0 Å². The molecule has 3 nitrogen and oxygen atoms in total. The van der Waals surface area contributed by atoms with E-state index in [0.29, 0.717) is 0 Å². The maximum absolute atomic E-state index is 4.43. The number of thiazole rings is 1. The molecule has 0 aromatic carbocycles. The standard InChI is InChI=1S/C13H23N3S2/c1-4-5-14-13-15-6-12(18-13)9-16-7-10(2)17-11(3)8-16/h6,10-11H,4-5,7-9H2,1-3H3,(H,14,15). The van der Waals surface area contributed by atoms with Crippen molar-refractivity contribution in [2.24, 2.45) is 0 Å². The van der Waals surface area contributed by atoms with Gasteiger partial charge in [0.2, 0.25) is 0 Å². The van der Waals surface area contributed by atoms with Gasteiger partial charge in [0.05, 0.1) is 0 Å². The summed E-state index contributed by atoms with van der Waals surface area (Å²) in [5, 5.41) is 5.92. The monoisotopic (exact) mass is 285 g/mol. The fourth-order valence-corrected chi connectivity index (χ4v) is 4.60. The van der Waals surface area contributed by atoms with Crippen molar-refractivity contribution in [3.05, 3.63) is 11.1 Å². The predicted molar refractivity (Wildman–Crippen MR) is 82.7 cm³/mol. The van der Waals surface area contributed by atoms with Gasteiger partial charge in [-0.3, -0.25) is 4.90 Å².